The number of furan rings is 1. The zero-order valence-electron chi connectivity index (χ0n) is 10.3. The van der Waals surface area contributed by atoms with Crippen molar-refractivity contribution in [2.24, 2.45) is 0 Å². The summed E-state index contributed by atoms with van der Waals surface area (Å²) in [4.78, 5) is 0. The summed E-state index contributed by atoms with van der Waals surface area (Å²) in [5.41, 5.74) is 4.56. The Morgan fingerprint density at radius 1 is 1.00 bits per heavy atom. The molecule has 0 radical (unpaired) electrons. The average molecular weight is 237 g/mol. The van der Waals surface area contributed by atoms with Crippen LogP contribution in [-0.2, 0) is 6.54 Å². The van der Waals surface area contributed by atoms with Gasteiger partial charge in [-0.15, -0.1) is 0 Å². The fourth-order valence-electron chi connectivity index (χ4n) is 2.13. The lowest BCUT2D eigenvalue weighted by Crippen LogP contribution is -1.99. The number of hydrogen-bond acceptors (Lipinski definition) is 2. The third-order valence-corrected chi connectivity index (χ3v) is 3.18. The molecule has 0 atom stereocenters. The van der Waals surface area contributed by atoms with Crippen molar-refractivity contribution in [2.75, 3.05) is 5.32 Å². The largest absolute Gasteiger partial charge is 0.464 e. The fraction of sp³-hybridized carbons (Fsp3) is 0.125. The van der Waals surface area contributed by atoms with Crippen LogP contribution in [0.15, 0.2) is 59.2 Å². The molecule has 0 saturated carbocycles. The van der Waals surface area contributed by atoms with Gasteiger partial charge >= 0.3 is 0 Å². The molecule has 18 heavy (non-hydrogen) atoms. The third kappa shape index (κ3) is 1.97. The summed E-state index contributed by atoms with van der Waals surface area (Å²) >= 11 is 0. The average Bonchev–Trinajstić information content (AvgIpc) is 2.81. The minimum atomic E-state index is 0.780. The summed E-state index contributed by atoms with van der Waals surface area (Å²) in [7, 11) is 0. The van der Waals surface area contributed by atoms with E-state index in [0.717, 1.165) is 12.1 Å². The van der Waals surface area contributed by atoms with Crippen LogP contribution in [0.25, 0.3) is 11.0 Å². The molecule has 0 saturated heterocycles. The van der Waals surface area contributed by atoms with Gasteiger partial charge in [0, 0.05) is 23.2 Å². The molecule has 0 aliphatic carbocycles. The van der Waals surface area contributed by atoms with Crippen molar-refractivity contribution in [3.63, 3.8) is 0 Å². The Labute approximate surface area is 106 Å². The number of rotatable bonds is 3. The van der Waals surface area contributed by atoms with Gasteiger partial charge < -0.3 is 9.73 Å². The van der Waals surface area contributed by atoms with Gasteiger partial charge in [-0.3, -0.25) is 0 Å². The second-order valence-electron chi connectivity index (χ2n) is 4.43. The van der Waals surface area contributed by atoms with E-state index in [1.54, 1.807) is 0 Å². The maximum absolute atomic E-state index is 5.53. The summed E-state index contributed by atoms with van der Waals surface area (Å²) in [6.45, 7) is 2.89. The summed E-state index contributed by atoms with van der Waals surface area (Å²) in [6.07, 6.45) is 1.83. The number of anilines is 1. The van der Waals surface area contributed by atoms with Crippen LogP contribution in [0.1, 0.15) is 11.1 Å². The van der Waals surface area contributed by atoms with Crippen molar-refractivity contribution >= 4 is 16.7 Å². The van der Waals surface area contributed by atoms with Crippen molar-refractivity contribution in [2.45, 2.75) is 13.5 Å². The number of benzene rings is 2. The molecule has 2 heteroatoms. The number of nitrogens with one attached hydrogen (secondary N) is 1. The van der Waals surface area contributed by atoms with Crippen LogP contribution < -0.4 is 5.32 Å². The molecule has 1 aromatic heterocycles. The first-order chi connectivity index (χ1) is 8.84. The van der Waals surface area contributed by atoms with Gasteiger partial charge in [0.15, 0.2) is 0 Å². The second-order valence-corrected chi connectivity index (χ2v) is 4.43. The van der Waals surface area contributed by atoms with Gasteiger partial charge in [-0.25, -0.2) is 0 Å². The second kappa shape index (κ2) is 4.57. The molecule has 1 heterocycles. The predicted molar refractivity (Wildman–Crippen MR) is 74.7 cm³/mol. The molecule has 0 aliphatic heterocycles. The minimum absolute atomic E-state index is 0.780. The van der Waals surface area contributed by atoms with E-state index < -0.39 is 0 Å². The molecular formula is C16H15NO. The highest BCUT2D eigenvalue weighted by molar-refractivity contribution is 5.81. The van der Waals surface area contributed by atoms with Gasteiger partial charge in [-0.2, -0.15) is 0 Å². The summed E-state index contributed by atoms with van der Waals surface area (Å²) in [6, 6.07) is 16.4. The van der Waals surface area contributed by atoms with E-state index >= 15 is 0 Å². The molecule has 3 aromatic rings. The lowest BCUT2D eigenvalue weighted by Gasteiger charge is -2.08. The molecule has 0 fully saturated rings. The number of hydrogen-bond donors (Lipinski definition) is 1. The minimum Gasteiger partial charge on any atom is -0.464 e. The summed E-state index contributed by atoms with van der Waals surface area (Å²) in [5.74, 6) is 0. The Morgan fingerprint density at radius 2 is 1.78 bits per heavy atom. The van der Waals surface area contributed by atoms with E-state index in [1.165, 1.54) is 22.2 Å². The lowest BCUT2D eigenvalue weighted by atomic mass is 10.1. The normalized spacial score (nSPS) is 10.7. The topological polar surface area (TPSA) is 25.2 Å². The number of aryl methyl sites for hydroxylation is 1. The first-order valence-corrected chi connectivity index (χ1v) is 6.09. The van der Waals surface area contributed by atoms with Crippen molar-refractivity contribution in [3.05, 3.63) is 65.9 Å². The van der Waals surface area contributed by atoms with Gasteiger partial charge in [0.25, 0.3) is 0 Å². The Morgan fingerprint density at radius 3 is 2.67 bits per heavy atom. The highest BCUT2D eigenvalue weighted by Crippen LogP contribution is 2.22. The quantitative estimate of drug-likeness (QED) is 0.732. The van der Waals surface area contributed by atoms with E-state index in [-0.39, 0.29) is 0 Å². The SMILES string of the molecule is Cc1ccccc1NCc1coc2ccccc12. The van der Waals surface area contributed by atoms with Crippen LogP contribution >= 0.6 is 0 Å². The van der Waals surface area contributed by atoms with Gasteiger partial charge in [-0.1, -0.05) is 36.4 Å². The molecule has 1 N–H and O–H groups in total. The highest BCUT2D eigenvalue weighted by Gasteiger charge is 2.04. The maximum atomic E-state index is 5.53. The zero-order valence-corrected chi connectivity index (χ0v) is 10.3. The van der Waals surface area contributed by atoms with Gasteiger partial charge in [0.2, 0.25) is 0 Å². The molecule has 2 aromatic carbocycles. The predicted octanol–water partition coefficient (Wildman–Crippen LogP) is 4.35. The molecule has 0 bridgehead atoms. The molecule has 0 amide bonds. The molecule has 3 rings (SSSR count). The first kappa shape index (κ1) is 10.9. The Hall–Kier alpha value is -2.22. The first-order valence-electron chi connectivity index (χ1n) is 6.09. The van der Waals surface area contributed by atoms with Gasteiger partial charge in [0.05, 0.1) is 6.26 Å². The lowest BCUT2D eigenvalue weighted by molar-refractivity contribution is 0.611. The molecule has 0 unspecified atom stereocenters. The molecule has 2 nitrogen and oxygen atoms in total. The fourth-order valence-corrected chi connectivity index (χ4v) is 2.13. The maximum Gasteiger partial charge on any atom is 0.134 e. The van der Waals surface area contributed by atoms with E-state index in [9.17, 15) is 0 Å². The molecular weight excluding hydrogens is 222 g/mol. The Balaban J connectivity index is 1.83. The Kier molecular flexibility index (Phi) is 2.77. The number of para-hydroxylation sites is 2. The monoisotopic (exact) mass is 237 g/mol. The van der Waals surface area contributed by atoms with Crippen LogP contribution in [0.2, 0.25) is 0 Å². The summed E-state index contributed by atoms with van der Waals surface area (Å²) in [5, 5.41) is 4.63. The van der Waals surface area contributed by atoms with Crippen LogP contribution in [0.5, 0.6) is 0 Å². The van der Waals surface area contributed by atoms with Crippen molar-refractivity contribution in [1.29, 1.82) is 0 Å². The van der Waals surface area contributed by atoms with Gasteiger partial charge in [-0.05, 0) is 24.6 Å². The van der Waals surface area contributed by atoms with Crippen molar-refractivity contribution < 1.29 is 4.42 Å². The van der Waals surface area contributed by atoms with E-state index in [1.807, 2.05) is 36.6 Å². The van der Waals surface area contributed by atoms with Crippen LogP contribution in [-0.4, -0.2) is 0 Å². The van der Waals surface area contributed by atoms with Crippen LogP contribution in [0, 0.1) is 6.92 Å². The molecule has 90 valence electrons. The van der Waals surface area contributed by atoms with Gasteiger partial charge in [0.1, 0.15) is 5.58 Å². The Bertz CT molecular complexity index is 669. The highest BCUT2D eigenvalue weighted by atomic mass is 16.3. The molecule has 0 spiro atoms. The van der Waals surface area contributed by atoms with E-state index in [2.05, 4.69) is 30.4 Å². The number of fused-ring (bicyclic) bond motifs is 1. The summed E-state index contributed by atoms with van der Waals surface area (Å²) < 4.78 is 5.53. The zero-order chi connectivity index (χ0) is 12.4. The van der Waals surface area contributed by atoms with Crippen molar-refractivity contribution in [3.8, 4) is 0 Å². The smallest absolute Gasteiger partial charge is 0.134 e. The van der Waals surface area contributed by atoms with Crippen LogP contribution in [0.4, 0.5) is 5.69 Å². The molecule has 0 aliphatic rings. The third-order valence-electron chi connectivity index (χ3n) is 3.18. The standard InChI is InChI=1S/C16H15NO/c1-12-6-2-4-8-15(12)17-10-13-11-18-16-9-5-3-7-14(13)16/h2-9,11,17H,10H2,1H3. The van der Waals surface area contributed by atoms with E-state index in [0.29, 0.717) is 0 Å². The van der Waals surface area contributed by atoms with Crippen molar-refractivity contribution in [1.82, 2.24) is 0 Å². The van der Waals surface area contributed by atoms with E-state index in [4.69, 9.17) is 4.42 Å². The van der Waals surface area contributed by atoms with Crippen LogP contribution in [0.3, 0.4) is 0 Å².